The number of fused-ring (bicyclic) bond motifs is 2. The second-order valence-corrected chi connectivity index (χ2v) is 24.6. The number of ether oxygens (including phenoxy) is 4. The van der Waals surface area contributed by atoms with E-state index in [2.05, 4.69) is 246 Å². The summed E-state index contributed by atoms with van der Waals surface area (Å²) in [6.45, 7) is 20.5. The maximum Gasteiger partial charge on any atom is 0.248 e. The predicted octanol–water partition coefficient (Wildman–Crippen LogP) is 23.3. The molecular formula is C81H93N3O5. The summed E-state index contributed by atoms with van der Waals surface area (Å²) in [5, 5.41) is 13.4. The Bertz CT molecular complexity index is 3830. The summed E-state index contributed by atoms with van der Waals surface area (Å²) in [5.74, 6) is 4.58. The molecular weight excluding hydrogens is 1090 g/mol. The lowest BCUT2D eigenvalue weighted by molar-refractivity contribution is 0.301. The van der Waals surface area contributed by atoms with Gasteiger partial charge in [-0.05, 0) is 147 Å². The van der Waals surface area contributed by atoms with Crippen molar-refractivity contribution in [1.82, 2.24) is 10.2 Å². The smallest absolute Gasteiger partial charge is 0.248 e. The molecule has 8 heteroatoms. The highest BCUT2D eigenvalue weighted by Crippen LogP contribution is 2.48. The third-order valence-electron chi connectivity index (χ3n) is 17.5. The molecule has 8 nitrogen and oxygen atoms in total. The summed E-state index contributed by atoms with van der Waals surface area (Å²) < 4.78 is 33.7. The maximum absolute atomic E-state index is 7.04. The number of aromatic nitrogens is 2. The summed E-state index contributed by atoms with van der Waals surface area (Å²) in [5.41, 5.74) is 13.5. The van der Waals surface area contributed by atoms with Gasteiger partial charge in [0.15, 0.2) is 0 Å². The van der Waals surface area contributed by atoms with E-state index in [0.29, 0.717) is 38.2 Å². The minimum absolute atomic E-state index is 0.446. The number of nitrogens with zero attached hydrogens (tertiary/aromatic N) is 3. The van der Waals surface area contributed by atoms with Crippen LogP contribution in [-0.2, 0) is 5.41 Å². The van der Waals surface area contributed by atoms with Crippen molar-refractivity contribution in [3.8, 4) is 68.2 Å². The summed E-state index contributed by atoms with van der Waals surface area (Å²) in [7, 11) is 0. The molecule has 1 heterocycles. The van der Waals surface area contributed by atoms with Crippen LogP contribution in [0.2, 0.25) is 0 Å². The van der Waals surface area contributed by atoms with Gasteiger partial charge in [0.1, 0.15) is 23.0 Å². The Morgan fingerprint density at radius 2 is 0.742 bits per heavy atom. The van der Waals surface area contributed by atoms with Gasteiger partial charge in [-0.1, -0.05) is 215 Å². The lowest BCUT2D eigenvalue weighted by atomic mass is 9.76. The van der Waals surface area contributed by atoms with Crippen LogP contribution in [0.3, 0.4) is 0 Å². The van der Waals surface area contributed by atoms with Crippen LogP contribution >= 0.6 is 0 Å². The highest BCUT2D eigenvalue weighted by atomic mass is 16.5. The Labute approximate surface area is 530 Å². The number of hydrogen-bond acceptors (Lipinski definition) is 8. The van der Waals surface area contributed by atoms with Gasteiger partial charge in [0.25, 0.3) is 0 Å². The standard InChI is InChI=1S/C81H93N3O5/c1-9-13-17-24-54-85-75-59(6)32-47-71-70(75)50-48-68(76(71)86-55-25-18-14-10-2)60-33-35-62(36-34-60)79-82-83-80(89-79)63-37-41-64(42-38-63)81(7,8)74-53-52-72-73(78(74)88-57-27-20-16-12-4)51-49-69(77(72)87-56-26-19-15-11-3)61-39-45-67(46-40-61)84(65-28-22-21-23-29-65)66-43-30-58(5)31-44-66/h21-23,28-53H,9-20,24-27,54-57H2,1-8H3. The van der Waals surface area contributed by atoms with Crippen molar-refractivity contribution in [3.63, 3.8) is 0 Å². The van der Waals surface area contributed by atoms with Crippen LogP contribution in [0.5, 0.6) is 23.0 Å². The molecule has 0 saturated carbocycles. The van der Waals surface area contributed by atoms with E-state index in [9.17, 15) is 0 Å². The first kappa shape index (κ1) is 63.7. The molecule has 10 aromatic rings. The number of anilines is 3. The number of unbranched alkanes of at least 4 members (excludes halogenated alkanes) is 12. The summed E-state index contributed by atoms with van der Waals surface area (Å²) in [6.07, 6.45) is 18.1. The molecule has 0 amide bonds. The van der Waals surface area contributed by atoms with Crippen LogP contribution in [0.15, 0.2) is 180 Å². The number of hydrogen-bond donors (Lipinski definition) is 0. The molecule has 0 fully saturated rings. The van der Waals surface area contributed by atoms with Crippen molar-refractivity contribution < 1.29 is 23.4 Å². The molecule has 0 aliphatic carbocycles. The second kappa shape index (κ2) is 31.2. The molecule has 1 aromatic heterocycles. The third kappa shape index (κ3) is 15.4. The zero-order valence-corrected chi connectivity index (χ0v) is 54.3. The van der Waals surface area contributed by atoms with Gasteiger partial charge in [0, 0.05) is 71.8 Å². The normalized spacial score (nSPS) is 11.6. The van der Waals surface area contributed by atoms with Gasteiger partial charge in [0.2, 0.25) is 11.8 Å². The number of benzene rings is 9. The lowest BCUT2D eigenvalue weighted by Crippen LogP contribution is -2.20. The zero-order valence-electron chi connectivity index (χ0n) is 54.3. The van der Waals surface area contributed by atoms with Gasteiger partial charge < -0.3 is 28.3 Å². The average molecular weight is 1190 g/mol. The molecule has 0 N–H and O–H groups in total. The minimum atomic E-state index is -0.446. The Hall–Kier alpha value is -8.36. The summed E-state index contributed by atoms with van der Waals surface area (Å²) >= 11 is 0. The van der Waals surface area contributed by atoms with Crippen LogP contribution in [0.1, 0.15) is 167 Å². The van der Waals surface area contributed by atoms with Gasteiger partial charge in [-0.2, -0.15) is 0 Å². The van der Waals surface area contributed by atoms with Gasteiger partial charge in [-0.25, -0.2) is 0 Å². The first-order valence-corrected chi connectivity index (χ1v) is 33.4. The van der Waals surface area contributed by atoms with Gasteiger partial charge in [0.05, 0.1) is 26.4 Å². The minimum Gasteiger partial charge on any atom is -0.493 e. The van der Waals surface area contributed by atoms with Crippen LogP contribution in [0.4, 0.5) is 17.1 Å². The van der Waals surface area contributed by atoms with Crippen LogP contribution in [0, 0.1) is 13.8 Å². The van der Waals surface area contributed by atoms with E-state index < -0.39 is 5.41 Å². The van der Waals surface area contributed by atoms with Crippen LogP contribution < -0.4 is 23.8 Å². The summed E-state index contributed by atoms with van der Waals surface area (Å²) in [4.78, 5) is 2.31. The fourth-order valence-corrected chi connectivity index (χ4v) is 12.2. The molecule has 0 saturated heterocycles. The fraction of sp³-hybridized carbons (Fsp3) is 0.358. The van der Waals surface area contributed by atoms with Crippen molar-refractivity contribution in [2.45, 2.75) is 164 Å². The number of rotatable bonds is 33. The van der Waals surface area contributed by atoms with Crippen LogP contribution in [-0.4, -0.2) is 36.6 Å². The van der Waals surface area contributed by atoms with Crippen molar-refractivity contribution in [3.05, 3.63) is 198 Å². The van der Waals surface area contributed by atoms with Crippen molar-refractivity contribution in [1.29, 1.82) is 0 Å². The molecule has 0 unspecified atom stereocenters. The monoisotopic (exact) mass is 1190 g/mol. The number of para-hydroxylation sites is 1. The Morgan fingerprint density at radius 3 is 1.24 bits per heavy atom. The quantitative estimate of drug-likeness (QED) is 0.0377. The van der Waals surface area contributed by atoms with Crippen molar-refractivity contribution in [2.75, 3.05) is 31.3 Å². The Morgan fingerprint density at radius 1 is 0.360 bits per heavy atom. The van der Waals surface area contributed by atoms with Gasteiger partial charge >= 0.3 is 0 Å². The van der Waals surface area contributed by atoms with E-state index in [-0.39, 0.29) is 0 Å². The highest BCUT2D eigenvalue weighted by Gasteiger charge is 2.30. The molecule has 10 rings (SSSR count). The van der Waals surface area contributed by atoms with Gasteiger partial charge in [-0.3, -0.25) is 0 Å². The Kier molecular flexibility index (Phi) is 22.3. The first-order valence-electron chi connectivity index (χ1n) is 33.4. The average Bonchev–Trinajstić information content (AvgIpc) is 1.30. The molecule has 0 bridgehead atoms. The van der Waals surface area contributed by atoms with E-state index in [0.717, 1.165) is 157 Å². The maximum atomic E-state index is 7.04. The fourth-order valence-electron chi connectivity index (χ4n) is 12.2. The topological polar surface area (TPSA) is 79.1 Å². The van der Waals surface area contributed by atoms with E-state index >= 15 is 0 Å². The molecule has 89 heavy (non-hydrogen) atoms. The molecule has 0 spiro atoms. The lowest BCUT2D eigenvalue weighted by Gasteiger charge is -2.30. The first-order chi connectivity index (χ1) is 43.6. The molecule has 0 aliphatic rings. The van der Waals surface area contributed by atoms with Crippen LogP contribution in [0.25, 0.3) is 66.7 Å². The van der Waals surface area contributed by atoms with E-state index in [1.54, 1.807) is 0 Å². The van der Waals surface area contributed by atoms with E-state index in [1.165, 1.54) is 63.4 Å². The molecule has 0 atom stereocenters. The van der Waals surface area contributed by atoms with Gasteiger partial charge in [-0.15, -0.1) is 10.2 Å². The van der Waals surface area contributed by atoms with Crippen molar-refractivity contribution >= 4 is 38.6 Å². The highest BCUT2D eigenvalue weighted by molar-refractivity contribution is 6.01. The molecule has 9 aromatic carbocycles. The third-order valence-corrected chi connectivity index (χ3v) is 17.5. The SMILES string of the molecule is CCCCCCOc1c(C)ccc2c(OCCCCCC)c(-c3ccc(-c4nnc(-c5ccc(C(C)(C)c6ccc7c(OCCCCCC)c(-c8ccc(N(c9ccccc9)c9ccc(C)cc9)cc8)ccc7c6OCCCCCC)cc5)o4)cc3)ccc12. The summed E-state index contributed by atoms with van der Waals surface area (Å²) in [6, 6.07) is 63.0. The predicted molar refractivity (Wildman–Crippen MR) is 372 cm³/mol. The molecule has 462 valence electrons. The number of aryl methyl sites for hydroxylation is 2. The second-order valence-electron chi connectivity index (χ2n) is 24.6. The molecule has 0 aliphatic heterocycles. The van der Waals surface area contributed by atoms with E-state index in [4.69, 9.17) is 23.4 Å². The largest absolute Gasteiger partial charge is 0.493 e. The van der Waals surface area contributed by atoms with Crippen molar-refractivity contribution in [2.24, 2.45) is 0 Å². The Balaban J connectivity index is 0.924. The zero-order chi connectivity index (χ0) is 62.0. The molecule has 0 radical (unpaired) electrons. The van der Waals surface area contributed by atoms with E-state index in [1.807, 2.05) is 0 Å².